The number of nitrogens with one attached hydrogen (secondary N) is 1. The predicted octanol–water partition coefficient (Wildman–Crippen LogP) is 5.94. The van der Waals surface area contributed by atoms with Crippen LogP contribution in [0.2, 0.25) is 10.0 Å². The molecule has 2 aromatic carbocycles. The van der Waals surface area contributed by atoms with Gasteiger partial charge >= 0.3 is 5.13 Å². The van der Waals surface area contributed by atoms with E-state index in [1.165, 1.54) is 0 Å². The number of para-hydroxylation sites is 1. The van der Waals surface area contributed by atoms with E-state index in [9.17, 15) is 0 Å². The van der Waals surface area contributed by atoms with Crippen molar-refractivity contribution < 1.29 is 4.57 Å². The standard InChI is InChI=1S/C18H14Cl2N2S/c1-2-11-22-17(13-7-9-14(19)10-8-13)12-23-18(22)21-16-6-4-3-5-15(16)20/h2-10,12H,1,11H2/p+1. The van der Waals surface area contributed by atoms with Gasteiger partial charge in [-0.15, -0.1) is 0 Å². The zero-order valence-electron chi connectivity index (χ0n) is 12.3. The molecular formula is C18H15Cl2N2S+. The molecule has 0 saturated heterocycles. The molecule has 3 aromatic rings. The Morgan fingerprint density at radius 1 is 1.09 bits per heavy atom. The molecule has 0 bridgehead atoms. The van der Waals surface area contributed by atoms with Crippen LogP contribution in [-0.4, -0.2) is 0 Å². The van der Waals surface area contributed by atoms with E-state index in [-0.39, 0.29) is 0 Å². The first kappa shape index (κ1) is 16.1. The fourth-order valence-electron chi connectivity index (χ4n) is 2.28. The zero-order valence-corrected chi connectivity index (χ0v) is 14.6. The van der Waals surface area contributed by atoms with Gasteiger partial charge in [0.25, 0.3) is 0 Å². The average molecular weight is 362 g/mol. The van der Waals surface area contributed by atoms with Gasteiger partial charge in [-0.2, -0.15) is 0 Å². The van der Waals surface area contributed by atoms with Crippen molar-refractivity contribution in [1.29, 1.82) is 0 Å². The van der Waals surface area contributed by atoms with Gasteiger partial charge in [0.2, 0.25) is 0 Å². The highest BCUT2D eigenvalue weighted by Crippen LogP contribution is 2.29. The summed E-state index contributed by atoms with van der Waals surface area (Å²) in [7, 11) is 0. The number of rotatable bonds is 5. The number of allylic oxidation sites excluding steroid dienone is 1. The summed E-state index contributed by atoms with van der Waals surface area (Å²) >= 11 is 13.9. The van der Waals surface area contributed by atoms with Crippen LogP contribution in [0.3, 0.4) is 0 Å². The number of benzene rings is 2. The van der Waals surface area contributed by atoms with Gasteiger partial charge in [-0.05, 0) is 36.4 Å². The third-order valence-electron chi connectivity index (χ3n) is 3.39. The van der Waals surface area contributed by atoms with Crippen LogP contribution in [0.4, 0.5) is 10.8 Å². The first-order valence-corrected chi connectivity index (χ1v) is 8.72. The Kier molecular flexibility index (Phi) is 5.01. The molecule has 0 saturated carbocycles. The van der Waals surface area contributed by atoms with Crippen LogP contribution in [0, 0.1) is 0 Å². The first-order chi connectivity index (χ1) is 11.2. The van der Waals surface area contributed by atoms with Crippen LogP contribution in [0.25, 0.3) is 11.3 Å². The Bertz CT molecular complexity index is 825. The molecule has 3 rings (SSSR count). The largest absolute Gasteiger partial charge is 0.339 e. The second-order valence-corrected chi connectivity index (χ2v) is 6.64. The molecular weight excluding hydrogens is 347 g/mol. The Morgan fingerprint density at radius 3 is 2.52 bits per heavy atom. The van der Waals surface area contributed by atoms with Gasteiger partial charge in [-0.3, -0.25) is 0 Å². The molecule has 5 heteroatoms. The fourth-order valence-corrected chi connectivity index (χ4v) is 3.54. The molecule has 1 N–H and O–H groups in total. The summed E-state index contributed by atoms with van der Waals surface area (Å²) in [6.07, 6.45) is 1.88. The molecule has 0 spiro atoms. The van der Waals surface area contributed by atoms with Gasteiger partial charge in [0, 0.05) is 16.0 Å². The molecule has 0 radical (unpaired) electrons. The maximum atomic E-state index is 6.24. The van der Waals surface area contributed by atoms with Gasteiger partial charge in [0.15, 0.2) is 0 Å². The minimum Gasteiger partial charge on any atom is -0.230 e. The number of thiazole rings is 1. The quantitative estimate of drug-likeness (QED) is 0.439. The van der Waals surface area contributed by atoms with E-state index in [4.69, 9.17) is 23.2 Å². The monoisotopic (exact) mass is 361 g/mol. The lowest BCUT2D eigenvalue weighted by Crippen LogP contribution is -2.35. The van der Waals surface area contributed by atoms with E-state index in [1.807, 2.05) is 54.6 Å². The van der Waals surface area contributed by atoms with Crippen molar-refractivity contribution in [1.82, 2.24) is 0 Å². The molecule has 1 heterocycles. The van der Waals surface area contributed by atoms with E-state index in [2.05, 4.69) is 21.8 Å². The number of hydrogen-bond donors (Lipinski definition) is 1. The lowest BCUT2D eigenvalue weighted by molar-refractivity contribution is -0.657. The molecule has 0 fully saturated rings. The maximum Gasteiger partial charge on any atom is 0.339 e. The summed E-state index contributed by atoms with van der Waals surface area (Å²) in [6.45, 7) is 4.56. The van der Waals surface area contributed by atoms with Gasteiger partial charge in [0.05, 0.1) is 5.02 Å². The summed E-state index contributed by atoms with van der Waals surface area (Å²) in [5, 5.41) is 7.95. The number of anilines is 2. The summed E-state index contributed by atoms with van der Waals surface area (Å²) < 4.78 is 2.17. The molecule has 0 aliphatic carbocycles. The second kappa shape index (κ2) is 7.18. The summed E-state index contributed by atoms with van der Waals surface area (Å²) in [4.78, 5) is 0. The Morgan fingerprint density at radius 2 is 1.83 bits per heavy atom. The van der Waals surface area contributed by atoms with Crippen LogP contribution >= 0.6 is 34.5 Å². The van der Waals surface area contributed by atoms with E-state index in [0.29, 0.717) is 11.6 Å². The first-order valence-electron chi connectivity index (χ1n) is 7.09. The maximum absolute atomic E-state index is 6.24. The summed E-state index contributed by atoms with van der Waals surface area (Å²) in [6, 6.07) is 15.5. The van der Waals surface area contributed by atoms with Crippen LogP contribution in [-0.2, 0) is 6.54 Å². The average Bonchev–Trinajstić information content (AvgIpc) is 2.94. The summed E-state index contributed by atoms with van der Waals surface area (Å²) in [5.41, 5.74) is 3.11. The van der Waals surface area contributed by atoms with E-state index in [1.54, 1.807) is 11.3 Å². The highest BCUT2D eigenvalue weighted by Gasteiger charge is 2.19. The second-order valence-electron chi connectivity index (χ2n) is 4.94. The fraction of sp³-hybridized carbons (Fsp3) is 0.0556. The van der Waals surface area contributed by atoms with E-state index < -0.39 is 0 Å². The number of nitrogens with zero attached hydrogens (tertiary/aromatic N) is 1. The van der Waals surface area contributed by atoms with Crippen molar-refractivity contribution in [2.24, 2.45) is 0 Å². The molecule has 23 heavy (non-hydrogen) atoms. The number of aromatic nitrogens is 1. The molecule has 0 aliphatic rings. The molecule has 1 aromatic heterocycles. The predicted molar refractivity (Wildman–Crippen MR) is 99.9 cm³/mol. The van der Waals surface area contributed by atoms with Gasteiger partial charge in [-0.1, -0.05) is 59.3 Å². The lowest BCUT2D eigenvalue weighted by atomic mass is 10.2. The minimum absolute atomic E-state index is 0.694. The molecule has 2 nitrogen and oxygen atoms in total. The third kappa shape index (κ3) is 3.58. The van der Waals surface area contributed by atoms with Crippen LogP contribution in [0.1, 0.15) is 0 Å². The van der Waals surface area contributed by atoms with E-state index >= 15 is 0 Å². The smallest absolute Gasteiger partial charge is 0.230 e. The van der Waals surface area contributed by atoms with Crippen molar-refractivity contribution in [3.05, 3.63) is 76.6 Å². The Hall–Kier alpha value is -1.81. The van der Waals surface area contributed by atoms with Crippen LogP contribution < -0.4 is 9.88 Å². The third-order valence-corrected chi connectivity index (χ3v) is 4.85. The molecule has 116 valence electrons. The highest BCUT2D eigenvalue weighted by molar-refractivity contribution is 7.13. The lowest BCUT2D eigenvalue weighted by Gasteiger charge is -2.05. The normalized spacial score (nSPS) is 10.5. The molecule has 0 aliphatic heterocycles. The molecule has 0 amide bonds. The summed E-state index contributed by atoms with van der Waals surface area (Å²) in [5.74, 6) is 0. The van der Waals surface area contributed by atoms with Crippen LogP contribution in [0.5, 0.6) is 0 Å². The van der Waals surface area contributed by atoms with Gasteiger partial charge < -0.3 is 0 Å². The molecule has 0 atom stereocenters. The van der Waals surface area contributed by atoms with Gasteiger partial charge in [-0.25, -0.2) is 9.88 Å². The van der Waals surface area contributed by atoms with Crippen molar-refractivity contribution in [2.75, 3.05) is 5.32 Å². The minimum atomic E-state index is 0.694. The number of halogens is 2. The number of hydrogen-bond acceptors (Lipinski definition) is 2. The highest BCUT2D eigenvalue weighted by atomic mass is 35.5. The van der Waals surface area contributed by atoms with Crippen molar-refractivity contribution in [3.63, 3.8) is 0 Å². The van der Waals surface area contributed by atoms with Crippen molar-refractivity contribution in [2.45, 2.75) is 6.54 Å². The zero-order chi connectivity index (χ0) is 16.2. The van der Waals surface area contributed by atoms with Crippen LogP contribution in [0.15, 0.2) is 66.6 Å². The SMILES string of the molecule is C=CC[n+]1c(-c2ccc(Cl)cc2)csc1Nc1ccccc1Cl. The Labute approximate surface area is 149 Å². The Balaban J connectivity index is 2.00. The van der Waals surface area contributed by atoms with Gasteiger partial charge in [0.1, 0.15) is 17.9 Å². The van der Waals surface area contributed by atoms with Crippen molar-refractivity contribution >= 4 is 45.4 Å². The topological polar surface area (TPSA) is 15.9 Å². The van der Waals surface area contributed by atoms with Crippen molar-refractivity contribution in [3.8, 4) is 11.3 Å². The van der Waals surface area contributed by atoms with E-state index in [0.717, 1.165) is 27.1 Å². The molecule has 0 unspecified atom stereocenters.